The average molecular weight is 351 g/mol. The van der Waals surface area contributed by atoms with Gasteiger partial charge in [0, 0.05) is 12.2 Å². The third-order valence-electron chi connectivity index (χ3n) is 5.76. The summed E-state index contributed by atoms with van der Waals surface area (Å²) in [6, 6.07) is 0. The first-order valence-corrected chi connectivity index (χ1v) is 11.5. The molecule has 1 rings (SSSR count). The first kappa shape index (κ1) is 22.5. The van der Waals surface area contributed by atoms with E-state index >= 15 is 0 Å². The molecule has 2 N–H and O–H groups in total. The molecular weight excluding hydrogens is 304 g/mol. The van der Waals surface area contributed by atoms with Gasteiger partial charge in [-0.15, -0.1) is 0 Å². The smallest absolute Gasteiger partial charge is 0.00852 e. The van der Waals surface area contributed by atoms with E-state index in [1.54, 1.807) is 5.57 Å². The molecule has 1 fully saturated rings. The second kappa shape index (κ2) is 15.7. The molecular formula is C23H46N2. The minimum Gasteiger partial charge on any atom is -0.402 e. The first-order valence-electron chi connectivity index (χ1n) is 11.5. The van der Waals surface area contributed by atoms with Crippen LogP contribution in [0.1, 0.15) is 117 Å². The predicted octanol–water partition coefficient (Wildman–Crippen LogP) is 6.80. The molecule has 0 aromatic rings. The third-order valence-corrected chi connectivity index (χ3v) is 5.76. The second-order valence-corrected chi connectivity index (χ2v) is 8.11. The van der Waals surface area contributed by atoms with Gasteiger partial charge in [0.15, 0.2) is 0 Å². The fourth-order valence-corrected chi connectivity index (χ4v) is 3.70. The third kappa shape index (κ3) is 11.7. The highest BCUT2D eigenvalue weighted by Crippen LogP contribution is 2.28. The van der Waals surface area contributed by atoms with E-state index in [2.05, 4.69) is 18.7 Å². The molecule has 25 heavy (non-hydrogen) atoms. The molecule has 0 aliphatic heterocycles. The van der Waals surface area contributed by atoms with Crippen molar-refractivity contribution < 1.29 is 0 Å². The lowest BCUT2D eigenvalue weighted by molar-refractivity contribution is 0.262. The zero-order valence-corrected chi connectivity index (χ0v) is 17.5. The number of hydrogen-bond acceptors (Lipinski definition) is 2. The van der Waals surface area contributed by atoms with Gasteiger partial charge in [0.05, 0.1) is 0 Å². The Balaban J connectivity index is 2.19. The van der Waals surface area contributed by atoms with Crippen LogP contribution in [0.3, 0.4) is 0 Å². The van der Waals surface area contributed by atoms with E-state index in [0.717, 1.165) is 6.42 Å². The Kier molecular flexibility index (Phi) is 14.2. The molecule has 148 valence electrons. The van der Waals surface area contributed by atoms with Crippen LogP contribution in [0.4, 0.5) is 0 Å². The number of rotatable bonds is 17. The van der Waals surface area contributed by atoms with Gasteiger partial charge in [-0.2, -0.15) is 0 Å². The van der Waals surface area contributed by atoms with Crippen molar-refractivity contribution in [2.24, 2.45) is 5.73 Å². The van der Waals surface area contributed by atoms with Crippen molar-refractivity contribution in [2.75, 3.05) is 19.6 Å². The predicted molar refractivity (Wildman–Crippen MR) is 113 cm³/mol. The molecule has 0 amide bonds. The normalized spacial score (nSPS) is 14.1. The SMILES string of the molecule is CCCCCCCCCN(CCCCCCC)CCC(N)=C1CCC1. The molecule has 2 nitrogen and oxygen atoms in total. The summed E-state index contributed by atoms with van der Waals surface area (Å²) in [5.41, 5.74) is 9.06. The highest BCUT2D eigenvalue weighted by atomic mass is 15.1. The maximum atomic E-state index is 6.30. The van der Waals surface area contributed by atoms with Gasteiger partial charge in [0.25, 0.3) is 0 Å². The van der Waals surface area contributed by atoms with Gasteiger partial charge < -0.3 is 10.6 Å². The van der Waals surface area contributed by atoms with E-state index in [4.69, 9.17) is 5.73 Å². The summed E-state index contributed by atoms with van der Waals surface area (Å²) in [5.74, 6) is 0. The van der Waals surface area contributed by atoms with Crippen molar-refractivity contribution in [1.82, 2.24) is 4.90 Å². The van der Waals surface area contributed by atoms with E-state index in [0.29, 0.717) is 0 Å². The maximum Gasteiger partial charge on any atom is 0.00852 e. The van der Waals surface area contributed by atoms with Crippen LogP contribution in [-0.2, 0) is 0 Å². The summed E-state index contributed by atoms with van der Waals surface area (Å²) < 4.78 is 0. The van der Waals surface area contributed by atoms with Crippen LogP contribution in [-0.4, -0.2) is 24.5 Å². The molecule has 0 heterocycles. The molecule has 2 heteroatoms. The topological polar surface area (TPSA) is 29.3 Å². The highest BCUT2D eigenvalue weighted by molar-refractivity contribution is 5.16. The Labute approximate surface area is 158 Å². The van der Waals surface area contributed by atoms with Crippen molar-refractivity contribution >= 4 is 0 Å². The molecule has 0 spiro atoms. The largest absolute Gasteiger partial charge is 0.402 e. The number of hydrogen-bond donors (Lipinski definition) is 1. The van der Waals surface area contributed by atoms with Crippen LogP contribution in [0.2, 0.25) is 0 Å². The van der Waals surface area contributed by atoms with Crippen LogP contribution < -0.4 is 5.73 Å². The lowest BCUT2D eigenvalue weighted by Gasteiger charge is -2.25. The molecule has 0 unspecified atom stereocenters. The van der Waals surface area contributed by atoms with Crippen LogP contribution in [0, 0.1) is 0 Å². The standard InChI is InChI=1S/C23H46N2/c1-3-5-7-9-10-12-14-20-25(19-13-11-8-6-4-2)21-18-23(24)22-16-15-17-22/h3-21,24H2,1-2H3. The molecule has 1 saturated carbocycles. The van der Waals surface area contributed by atoms with Crippen molar-refractivity contribution in [3.63, 3.8) is 0 Å². The van der Waals surface area contributed by atoms with Gasteiger partial charge in [-0.3, -0.25) is 0 Å². The van der Waals surface area contributed by atoms with Crippen LogP contribution in [0.15, 0.2) is 11.3 Å². The van der Waals surface area contributed by atoms with Gasteiger partial charge in [-0.25, -0.2) is 0 Å². The molecule has 1 aliphatic carbocycles. The summed E-state index contributed by atoms with van der Waals surface area (Å²) >= 11 is 0. The van der Waals surface area contributed by atoms with E-state index in [-0.39, 0.29) is 0 Å². The number of allylic oxidation sites excluding steroid dienone is 1. The van der Waals surface area contributed by atoms with Crippen LogP contribution in [0.25, 0.3) is 0 Å². The average Bonchev–Trinajstić information content (AvgIpc) is 2.56. The van der Waals surface area contributed by atoms with Gasteiger partial charge >= 0.3 is 0 Å². The van der Waals surface area contributed by atoms with Crippen molar-refractivity contribution in [3.05, 3.63) is 11.3 Å². The molecule has 0 saturated heterocycles. The van der Waals surface area contributed by atoms with Gasteiger partial charge in [-0.05, 0) is 51.6 Å². The number of unbranched alkanes of at least 4 members (excludes halogenated alkanes) is 10. The zero-order chi connectivity index (χ0) is 18.2. The fourth-order valence-electron chi connectivity index (χ4n) is 3.70. The Morgan fingerprint density at radius 3 is 1.64 bits per heavy atom. The second-order valence-electron chi connectivity index (χ2n) is 8.11. The Morgan fingerprint density at radius 2 is 1.20 bits per heavy atom. The van der Waals surface area contributed by atoms with Gasteiger partial charge in [0.2, 0.25) is 0 Å². The van der Waals surface area contributed by atoms with Crippen molar-refractivity contribution in [1.29, 1.82) is 0 Å². The molecule has 0 atom stereocenters. The lowest BCUT2D eigenvalue weighted by atomic mass is 9.90. The molecule has 0 radical (unpaired) electrons. The summed E-state index contributed by atoms with van der Waals surface area (Å²) in [6.07, 6.45) is 21.7. The highest BCUT2D eigenvalue weighted by Gasteiger charge is 2.13. The summed E-state index contributed by atoms with van der Waals surface area (Å²) in [7, 11) is 0. The monoisotopic (exact) mass is 350 g/mol. The van der Waals surface area contributed by atoms with E-state index in [9.17, 15) is 0 Å². The first-order chi connectivity index (χ1) is 12.3. The van der Waals surface area contributed by atoms with Gasteiger partial charge in [-0.1, -0.05) is 83.6 Å². The van der Waals surface area contributed by atoms with Crippen LogP contribution >= 0.6 is 0 Å². The van der Waals surface area contributed by atoms with E-state index in [1.807, 2.05) is 0 Å². The minimum atomic E-state index is 1.10. The van der Waals surface area contributed by atoms with Crippen LogP contribution in [0.5, 0.6) is 0 Å². The molecule has 1 aliphatic rings. The molecule has 0 bridgehead atoms. The van der Waals surface area contributed by atoms with Gasteiger partial charge in [0.1, 0.15) is 0 Å². The number of nitrogens with two attached hydrogens (primary N) is 1. The zero-order valence-electron chi connectivity index (χ0n) is 17.5. The quantitative estimate of drug-likeness (QED) is 0.292. The fraction of sp³-hybridized carbons (Fsp3) is 0.913. The summed E-state index contributed by atoms with van der Waals surface area (Å²) in [5, 5.41) is 0. The molecule has 0 aromatic heterocycles. The van der Waals surface area contributed by atoms with E-state index < -0.39 is 0 Å². The van der Waals surface area contributed by atoms with E-state index in [1.165, 1.54) is 122 Å². The Hall–Kier alpha value is -0.500. The summed E-state index contributed by atoms with van der Waals surface area (Å²) in [4.78, 5) is 2.70. The Morgan fingerprint density at radius 1 is 0.720 bits per heavy atom. The summed E-state index contributed by atoms with van der Waals surface area (Å²) in [6.45, 7) is 8.33. The van der Waals surface area contributed by atoms with Crippen molar-refractivity contribution in [2.45, 2.75) is 117 Å². The maximum absolute atomic E-state index is 6.30. The number of nitrogens with zero attached hydrogens (tertiary/aromatic N) is 1. The molecule has 0 aromatic carbocycles. The Bertz CT molecular complexity index is 329. The van der Waals surface area contributed by atoms with Crippen molar-refractivity contribution in [3.8, 4) is 0 Å². The lowest BCUT2D eigenvalue weighted by Crippen LogP contribution is -2.28. The minimum absolute atomic E-state index is 1.10.